The van der Waals surface area contributed by atoms with E-state index in [1.165, 1.54) is 16.3 Å². The molecular weight excluding hydrogens is 733 g/mol. The fourth-order valence-electron chi connectivity index (χ4n) is 8.69. The molecule has 0 atom stereocenters. The minimum absolute atomic E-state index is 0.613. The SMILES string of the molecule is CCCCc1ccc(-c2nc(-c3cccc(-c4ccccc4)c3)nc(-c3ccccc3-n3c4ccccc4c4ccc(-c5cccc6oc7ccccc7c56)cc43)n2)cc1. The molecule has 0 N–H and O–H groups in total. The fraction of sp³-hybridized carbons (Fsp3) is 0.0727. The van der Waals surface area contributed by atoms with Crippen molar-refractivity contribution in [3.63, 3.8) is 0 Å². The molecule has 8 aromatic carbocycles. The molecular formula is C55H40N4O. The van der Waals surface area contributed by atoms with Gasteiger partial charge < -0.3 is 8.98 Å². The molecule has 0 saturated heterocycles. The molecule has 11 rings (SSSR count). The minimum atomic E-state index is 0.613. The molecule has 60 heavy (non-hydrogen) atoms. The second-order valence-corrected chi connectivity index (χ2v) is 15.4. The molecule has 0 aliphatic carbocycles. The molecule has 0 aliphatic heterocycles. The fourth-order valence-corrected chi connectivity index (χ4v) is 8.69. The molecule has 0 spiro atoms. The number of benzene rings is 8. The molecule has 5 nitrogen and oxygen atoms in total. The summed E-state index contributed by atoms with van der Waals surface area (Å²) in [6.07, 6.45) is 3.38. The van der Waals surface area contributed by atoms with Crippen LogP contribution in [0.5, 0.6) is 0 Å². The van der Waals surface area contributed by atoms with Crippen molar-refractivity contribution in [1.82, 2.24) is 19.5 Å². The summed E-state index contributed by atoms with van der Waals surface area (Å²) < 4.78 is 8.69. The first kappa shape index (κ1) is 35.5. The third-order valence-corrected chi connectivity index (χ3v) is 11.7. The molecule has 3 heterocycles. The summed E-state index contributed by atoms with van der Waals surface area (Å²) >= 11 is 0. The van der Waals surface area contributed by atoms with Crippen molar-refractivity contribution in [2.75, 3.05) is 0 Å². The van der Waals surface area contributed by atoms with Gasteiger partial charge in [-0.05, 0) is 83.1 Å². The predicted molar refractivity (Wildman–Crippen MR) is 247 cm³/mol. The lowest BCUT2D eigenvalue weighted by Gasteiger charge is -2.15. The number of hydrogen-bond acceptors (Lipinski definition) is 4. The molecule has 0 fully saturated rings. The van der Waals surface area contributed by atoms with Crippen LogP contribution in [0.1, 0.15) is 25.3 Å². The van der Waals surface area contributed by atoms with E-state index in [4.69, 9.17) is 19.4 Å². The van der Waals surface area contributed by atoms with Crippen LogP contribution in [0.15, 0.2) is 192 Å². The molecule has 0 amide bonds. The first-order valence-electron chi connectivity index (χ1n) is 20.7. The molecule has 0 unspecified atom stereocenters. The maximum Gasteiger partial charge on any atom is 0.166 e. The van der Waals surface area contributed by atoms with Gasteiger partial charge in [0.15, 0.2) is 17.5 Å². The normalized spacial score (nSPS) is 11.6. The number of nitrogens with zero attached hydrogens (tertiary/aromatic N) is 4. The van der Waals surface area contributed by atoms with Crippen molar-refractivity contribution in [2.24, 2.45) is 0 Å². The lowest BCUT2D eigenvalue weighted by atomic mass is 9.98. The Balaban J connectivity index is 1.12. The lowest BCUT2D eigenvalue weighted by Crippen LogP contribution is -2.03. The average molecular weight is 773 g/mol. The van der Waals surface area contributed by atoms with Gasteiger partial charge in [-0.2, -0.15) is 0 Å². The van der Waals surface area contributed by atoms with E-state index in [0.717, 1.165) is 96.9 Å². The molecule has 3 aromatic heterocycles. The van der Waals surface area contributed by atoms with E-state index >= 15 is 0 Å². The Hall–Kier alpha value is -7.63. The van der Waals surface area contributed by atoms with E-state index in [-0.39, 0.29) is 0 Å². The van der Waals surface area contributed by atoms with E-state index in [1.54, 1.807) is 0 Å². The van der Waals surface area contributed by atoms with Crippen molar-refractivity contribution in [2.45, 2.75) is 26.2 Å². The highest BCUT2D eigenvalue weighted by Gasteiger charge is 2.21. The molecule has 0 radical (unpaired) electrons. The van der Waals surface area contributed by atoms with Gasteiger partial charge in [-0.1, -0.05) is 159 Å². The van der Waals surface area contributed by atoms with E-state index in [9.17, 15) is 0 Å². The number of para-hydroxylation sites is 3. The van der Waals surface area contributed by atoms with Gasteiger partial charge in [0.25, 0.3) is 0 Å². The zero-order valence-electron chi connectivity index (χ0n) is 33.2. The van der Waals surface area contributed by atoms with Crippen molar-refractivity contribution in [1.29, 1.82) is 0 Å². The first-order chi connectivity index (χ1) is 29.7. The van der Waals surface area contributed by atoms with Gasteiger partial charge in [0, 0.05) is 38.2 Å². The van der Waals surface area contributed by atoms with Gasteiger partial charge in [-0.15, -0.1) is 0 Å². The Kier molecular flexibility index (Phi) is 8.85. The number of unbranched alkanes of at least 4 members (excludes halogenated alkanes) is 1. The standard InChI is InChI=1S/C55H40N4O/c1-2-3-15-36-28-30-38(31-29-36)53-56-54(41-19-13-18-39(34-41)37-16-5-4-6-17-37)58-55(57-53)45-21-8-11-25-48(45)59-47-24-10-7-20-43(47)44-33-32-40(35-49(44)59)42-23-14-27-51-52(42)46-22-9-12-26-50(46)60-51/h4-14,16-35H,2-3,15H2,1H3. The molecule has 0 saturated carbocycles. The molecule has 0 aliphatic rings. The Morgan fingerprint density at radius 2 is 1.07 bits per heavy atom. The highest BCUT2D eigenvalue weighted by Crippen LogP contribution is 2.41. The van der Waals surface area contributed by atoms with E-state index in [1.807, 2.05) is 18.2 Å². The van der Waals surface area contributed by atoms with Gasteiger partial charge in [0.1, 0.15) is 11.2 Å². The van der Waals surface area contributed by atoms with Crippen LogP contribution in [0.2, 0.25) is 0 Å². The maximum absolute atomic E-state index is 6.32. The van der Waals surface area contributed by atoms with E-state index < -0.39 is 0 Å². The molecule has 0 bridgehead atoms. The zero-order chi connectivity index (χ0) is 40.0. The third kappa shape index (κ3) is 6.23. The summed E-state index contributed by atoms with van der Waals surface area (Å²) in [4.78, 5) is 15.7. The topological polar surface area (TPSA) is 56.7 Å². The van der Waals surface area contributed by atoms with Crippen LogP contribution in [0, 0.1) is 0 Å². The van der Waals surface area contributed by atoms with Crippen molar-refractivity contribution in [3.8, 4) is 62.1 Å². The highest BCUT2D eigenvalue weighted by atomic mass is 16.3. The largest absolute Gasteiger partial charge is 0.456 e. The summed E-state index contributed by atoms with van der Waals surface area (Å²) in [6, 6.07) is 66.2. The maximum atomic E-state index is 6.32. The van der Waals surface area contributed by atoms with Gasteiger partial charge in [-0.3, -0.25) is 0 Å². The number of hydrogen-bond donors (Lipinski definition) is 0. The van der Waals surface area contributed by atoms with Crippen LogP contribution in [-0.4, -0.2) is 19.5 Å². The zero-order valence-corrected chi connectivity index (χ0v) is 33.2. The van der Waals surface area contributed by atoms with Crippen LogP contribution in [0.3, 0.4) is 0 Å². The summed E-state index contributed by atoms with van der Waals surface area (Å²) in [5.41, 5.74) is 13.6. The highest BCUT2D eigenvalue weighted by molar-refractivity contribution is 6.15. The Morgan fingerprint density at radius 3 is 1.93 bits per heavy atom. The van der Waals surface area contributed by atoms with Gasteiger partial charge in [0.05, 0.1) is 16.7 Å². The van der Waals surface area contributed by atoms with Crippen LogP contribution in [-0.2, 0) is 6.42 Å². The molecule has 11 aromatic rings. The number of fused-ring (bicyclic) bond motifs is 6. The lowest BCUT2D eigenvalue weighted by molar-refractivity contribution is 0.669. The third-order valence-electron chi connectivity index (χ3n) is 11.7. The summed E-state index contributed by atoms with van der Waals surface area (Å²) in [7, 11) is 0. The smallest absolute Gasteiger partial charge is 0.166 e. The Labute approximate surface area is 348 Å². The van der Waals surface area contributed by atoms with E-state index in [0.29, 0.717) is 17.5 Å². The van der Waals surface area contributed by atoms with Gasteiger partial charge in [0.2, 0.25) is 0 Å². The number of furan rings is 1. The quantitative estimate of drug-likeness (QED) is 0.147. The van der Waals surface area contributed by atoms with Crippen molar-refractivity contribution in [3.05, 3.63) is 194 Å². The Morgan fingerprint density at radius 1 is 0.433 bits per heavy atom. The van der Waals surface area contributed by atoms with Crippen molar-refractivity contribution >= 4 is 43.7 Å². The monoisotopic (exact) mass is 772 g/mol. The summed E-state index contributed by atoms with van der Waals surface area (Å²) in [5, 5.41) is 4.58. The predicted octanol–water partition coefficient (Wildman–Crippen LogP) is 14.5. The van der Waals surface area contributed by atoms with E-state index in [2.05, 4.69) is 181 Å². The second kappa shape index (κ2) is 14.9. The van der Waals surface area contributed by atoms with Crippen LogP contribution in [0.25, 0.3) is 106 Å². The number of aryl methyl sites for hydroxylation is 1. The molecule has 5 heteroatoms. The Bertz CT molecular complexity index is 3360. The molecule has 286 valence electrons. The van der Waals surface area contributed by atoms with Crippen LogP contribution >= 0.6 is 0 Å². The number of aromatic nitrogens is 4. The average Bonchev–Trinajstić information content (AvgIpc) is 3.87. The van der Waals surface area contributed by atoms with Crippen molar-refractivity contribution < 1.29 is 4.42 Å². The first-order valence-corrected chi connectivity index (χ1v) is 20.7. The summed E-state index contributed by atoms with van der Waals surface area (Å²) in [5.74, 6) is 1.88. The summed E-state index contributed by atoms with van der Waals surface area (Å²) in [6.45, 7) is 2.23. The minimum Gasteiger partial charge on any atom is -0.456 e. The van der Waals surface area contributed by atoms with Gasteiger partial charge >= 0.3 is 0 Å². The second-order valence-electron chi connectivity index (χ2n) is 15.4. The van der Waals surface area contributed by atoms with Crippen LogP contribution in [0.4, 0.5) is 0 Å². The number of rotatable bonds is 9. The van der Waals surface area contributed by atoms with Crippen LogP contribution < -0.4 is 0 Å². The van der Waals surface area contributed by atoms with Gasteiger partial charge in [-0.25, -0.2) is 15.0 Å².